The molecule has 0 atom stereocenters. The van der Waals surface area contributed by atoms with E-state index >= 15 is 0 Å². The van der Waals surface area contributed by atoms with E-state index in [1.807, 2.05) is 30.3 Å². The molecule has 3 heteroatoms. The van der Waals surface area contributed by atoms with Gasteiger partial charge in [-0.2, -0.15) is 18.2 Å². The molecule has 5 aromatic rings. The molecular weight excluding hydrogens is 583 g/mol. The number of hydrogen-bond acceptors (Lipinski definition) is 0. The van der Waals surface area contributed by atoms with Gasteiger partial charge >= 0.3 is 53.1 Å². The second-order valence-corrected chi connectivity index (χ2v) is 11.1. The minimum Gasteiger partial charge on any atom is -0.214 e. The van der Waals surface area contributed by atoms with Gasteiger partial charge in [0.05, 0.1) is 0 Å². The summed E-state index contributed by atoms with van der Waals surface area (Å²) in [7, 11) is 0. The first kappa shape index (κ1) is 30.1. The predicted molar refractivity (Wildman–Crippen MR) is 150 cm³/mol. The van der Waals surface area contributed by atoms with E-state index in [0.717, 1.165) is 6.42 Å². The van der Waals surface area contributed by atoms with Crippen LogP contribution in [0.4, 0.5) is 0 Å². The Morgan fingerprint density at radius 1 is 0.605 bits per heavy atom. The Morgan fingerprint density at radius 2 is 1.21 bits per heavy atom. The van der Waals surface area contributed by atoms with Crippen molar-refractivity contribution in [2.45, 2.75) is 32.1 Å². The molecule has 2 aliphatic rings. The first-order valence-corrected chi connectivity index (χ1v) is 14.0. The van der Waals surface area contributed by atoms with Gasteiger partial charge in [-0.25, -0.2) is 12.1 Å². The second-order valence-electron chi connectivity index (χ2n) is 9.32. The van der Waals surface area contributed by atoms with Crippen LogP contribution in [0.15, 0.2) is 121 Å². The number of benzene rings is 4. The average molecular weight is 613 g/mol. The van der Waals surface area contributed by atoms with Crippen molar-refractivity contribution in [3.05, 3.63) is 139 Å². The minimum absolute atomic E-state index is 0. The number of hydrogen-bond donors (Lipinski definition) is 0. The van der Waals surface area contributed by atoms with Crippen LogP contribution in [0.5, 0.6) is 0 Å². The SMILES string of the molecule is [Cl-].[Cl-].[Zr+2]=[C]1CCCC1.[c-]1c(-c2ccccc2)ccc2c1Cc1cc(-c3ccccc3)ccc1-2.c1cc[cH-]c1. The van der Waals surface area contributed by atoms with E-state index in [4.69, 9.17) is 0 Å². The molecule has 0 bridgehead atoms. The molecule has 2 aliphatic carbocycles. The van der Waals surface area contributed by atoms with Crippen molar-refractivity contribution in [1.82, 2.24) is 0 Å². The molecule has 0 heterocycles. The van der Waals surface area contributed by atoms with Gasteiger partial charge in [-0.1, -0.05) is 95.6 Å². The zero-order valence-corrected chi connectivity index (χ0v) is 25.3. The summed E-state index contributed by atoms with van der Waals surface area (Å²) in [6, 6.07) is 46.0. The van der Waals surface area contributed by atoms with Crippen LogP contribution in [0.1, 0.15) is 36.8 Å². The third-order valence-electron chi connectivity index (χ3n) is 6.74. The Balaban J connectivity index is 0.000000257. The molecule has 7 rings (SSSR count). The maximum absolute atomic E-state index is 3.65. The van der Waals surface area contributed by atoms with Crippen LogP contribution < -0.4 is 24.8 Å². The summed E-state index contributed by atoms with van der Waals surface area (Å²) in [5, 5.41) is 0. The molecule has 0 saturated heterocycles. The summed E-state index contributed by atoms with van der Waals surface area (Å²) in [5.41, 5.74) is 10.4. The van der Waals surface area contributed by atoms with Crippen molar-refractivity contribution in [3.8, 4) is 33.4 Å². The van der Waals surface area contributed by atoms with Crippen LogP contribution in [0.2, 0.25) is 0 Å². The summed E-state index contributed by atoms with van der Waals surface area (Å²) in [6.07, 6.45) is 6.80. The van der Waals surface area contributed by atoms with Crippen molar-refractivity contribution < 1.29 is 49.0 Å². The summed E-state index contributed by atoms with van der Waals surface area (Å²) in [5.74, 6) is 0. The molecule has 1 saturated carbocycles. The van der Waals surface area contributed by atoms with Crippen molar-refractivity contribution in [1.29, 1.82) is 0 Å². The van der Waals surface area contributed by atoms with Crippen LogP contribution in [-0.2, 0) is 30.7 Å². The van der Waals surface area contributed by atoms with Gasteiger partial charge in [0.15, 0.2) is 0 Å². The molecule has 0 radical (unpaired) electrons. The van der Waals surface area contributed by atoms with E-state index in [1.54, 1.807) is 27.4 Å². The first-order valence-electron chi connectivity index (χ1n) is 12.8. The molecule has 190 valence electrons. The minimum atomic E-state index is 0. The van der Waals surface area contributed by atoms with Crippen molar-refractivity contribution in [2.75, 3.05) is 0 Å². The summed E-state index contributed by atoms with van der Waals surface area (Å²) < 4.78 is 1.79. The van der Waals surface area contributed by atoms with Gasteiger partial charge in [0.2, 0.25) is 0 Å². The van der Waals surface area contributed by atoms with Crippen molar-refractivity contribution >= 4 is 3.21 Å². The van der Waals surface area contributed by atoms with Gasteiger partial charge in [0.1, 0.15) is 0 Å². The van der Waals surface area contributed by atoms with Crippen molar-refractivity contribution in [3.63, 3.8) is 0 Å². The second kappa shape index (κ2) is 15.2. The smallest absolute Gasteiger partial charge is 0.0181 e. The molecule has 0 aliphatic heterocycles. The normalized spacial score (nSPS) is 12.4. The average Bonchev–Trinajstić information content (AvgIpc) is 3.73. The Morgan fingerprint density at radius 3 is 1.76 bits per heavy atom. The molecule has 0 spiro atoms. The quantitative estimate of drug-likeness (QED) is 0.264. The van der Waals surface area contributed by atoms with Crippen LogP contribution in [0, 0.1) is 6.07 Å². The van der Waals surface area contributed by atoms with E-state index in [1.165, 1.54) is 70.2 Å². The van der Waals surface area contributed by atoms with E-state index in [-0.39, 0.29) is 24.8 Å². The Bertz CT molecular complexity index is 1300. The molecule has 1 fully saturated rings. The van der Waals surface area contributed by atoms with Crippen molar-refractivity contribution in [2.24, 2.45) is 0 Å². The van der Waals surface area contributed by atoms with Gasteiger partial charge < -0.3 is 24.8 Å². The Kier molecular flexibility index (Phi) is 12.1. The maximum atomic E-state index is 3.65. The van der Waals surface area contributed by atoms with Gasteiger partial charge in [-0.3, -0.25) is 0 Å². The molecule has 0 nitrogen and oxygen atoms in total. The summed E-state index contributed by atoms with van der Waals surface area (Å²) >= 11 is 1.68. The predicted octanol–water partition coefficient (Wildman–Crippen LogP) is 3.09. The van der Waals surface area contributed by atoms with Gasteiger partial charge in [0, 0.05) is 0 Å². The fourth-order valence-corrected chi connectivity index (χ4v) is 5.71. The molecule has 0 aromatic heterocycles. The fourth-order valence-electron chi connectivity index (χ4n) is 4.84. The van der Waals surface area contributed by atoms with Crippen LogP contribution >= 0.6 is 0 Å². The fraction of sp³-hybridized carbons (Fsp3) is 0.143. The van der Waals surface area contributed by atoms with E-state index in [0.29, 0.717) is 0 Å². The first-order chi connectivity index (χ1) is 17.8. The summed E-state index contributed by atoms with van der Waals surface area (Å²) in [6.45, 7) is 0. The standard InChI is InChI=1S/C25H17.C5H8.C5H5.2ClH.Zr/c1-3-7-18(8-4-1)20-11-13-24-22(15-20)17-23-16-21(12-14-25(23)24)19-9-5-2-6-10-19;2*1-2-4-5-3-1;;;/h1-15H,17H2;1-4H2;1-5H;2*1H;/q-1;;-1;;;+2/p-2. The maximum Gasteiger partial charge on any atom is -0.0181 e. The number of halogens is 2. The largest absolute Gasteiger partial charge is 0.214 e. The zero-order valence-electron chi connectivity index (χ0n) is 21.3. The molecule has 38 heavy (non-hydrogen) atoms. The van der Waals surface area contributed by atoms with Crippen LogP contribution in [0.3, 0.4) is 0 Å². The molecule has 0 N–H and O–H groups in total. The van der Waals surface area contributed by atoms with E-state index in [9.17, 15) is 0 Å². The van der Waals surface area contributed by atoms with E-state index < -0.39 is 0 Å². The molecular formula is C35H30Cl2Zr-2. The number of fused-ring (bicyclic) bond motifs is 3. The third kappa shape index (κ3) is 7.80. The van der Waals surface area contributed by atoms with Crippen LogP contribution in [0.25, 0.3) is 33.4 Å². The van der Waals surface area contributed by atoms with E-state index in [2.05, 4.69) is 97.1 Å². The molecule has 0 unspecified atom stereocenters. The Hall–Kier alpha value is -2.44. The zero-order chi connectivity index (χ0) is 24.6. The topological polar surface area (TPSA) is 0 Å². The van der Waals surface area contributed by atoms with Crippen LogP contribution in [-0.4, -0.2) is 3.21 Å². The molecule has 5 aromatic carbocycles. The van der Waals surface area contributed by atoms with Gasteiger partial charge in [0.25, 0.3) is 0 Å². The summed E-state index contributed by atoms with van der Waals surface area (Å²) in [4.78, 5) is 0. The molecule has 0 amide bonds. The van der Waals surface area contributed by atoms with Gasteiger partial charge in [-0.15, -0.1) is 29.3 Å². The number of rotatable bonds is 2. The monoisotopic (exact) mass is 610 g/mol. The third-order valence-corrected chi connectivity index (χ3v) is 7.97. The van der Waals surface area contributed by atoms with Gasteiger partial charge in [-0.05, 0) is 23.1 Å². The Labute approximate surface area is 254 Å².